The van der Waals surface area contributed by atoms with E-state index in [1.807, 2.05) is 0 Å². The highest BCUT2D eigenvalue weighted by Crippen LogP contribution is 2.19. The summed E-state index contributed by atoms with van der Waals surface area (Å²) in [7, 11) is 0. The van der Waals surface area contributed by atoms with Gasteiger partial charge in [-0.1, -0.05) is 57.7 Å². The first-order valence-corrected chi connectivity index (χ1v) is 7.78. The summed E-state index contributed by atoms with van der Waals surface area (Å²) in [4.78, 5) is 0.197. The topological polar surface area (TPSA) is 35.2 Å². The Labute approximate surface area is 126 Å². The minimum Gasteiger partial charge on any atom is -0.491 e. The summed E-state index contributed by atoms with van der Waals surface area (Å²) in [5.74, 6) is -0.130. The SMILES string of the molecule is CCCCCCCCCOc1ccc(C(N)=S)cc1F. The zero-order valence-electron chi connectivity index (χ0n) is 12.2. The van der Waals surface area contributed by atoms with Crippen molar-refractivity contribution in [2.75, 3.05) is 6.61 Å². The van der Waals surface area contributed by atoms with Crippen LogP contribution in [0, 0.1) is 5.82 Å². The van der Waals surface area contributed by atoms with E-state index in [0.29, 0.717) is 12.2 Å². The van der Waals surface area contributed by atoms with E-state index in [1.165, 1.54) is 38.2 Å². The molecule has 0 amide bonds. The quantitative estimate of drug-likeness (QED) is 0.507. The lowest BCUT2D eigenvalue weighted by Gasteiger charge is -2.08. The molecule has 0 fully saturated rings. The summed E-state index contributed by atoms with van der Waals surface area (Å²) in [6, 6.07) is 4.60. The van der Waals surface area contributed by atoms with Crippen molar-refractivity contribution in [3.05, 3.63) is 29.6 Å². The Kier molecular flexibility index (Phi) is 8.19. The highest BCUT2D eigenvalue weighted by Gasteiger charge is 2.06. The van der Waals surface area contributed by atoms with E-state index < -0.39 is 5.82 Å². The molecule has 0 spiro atoms. The van der Waals surface area contributed by atoms with E-state index in [9.17, 15) is 4.39 Å². The van der Waals surface area contributed by atoms with E-state index in [2.05, 4.69) is 6.92 Å². The van der Waals surface area contributed by atoms with Crippen molar-refractivity contribution < 1.29 is 9.13 Å². The molecule has 0 saturated carbocycles. The molecule has 1 aromatic rings. The largest absolute Gasteiger partial charge is 0.491 e. The fourth-order valence-electron chi connectivity index (χ4n) is 2.01. The van der Waals surface area contributed by atoms with Crippen molar-refractivity contribution >= 4 is 17.2 Å². The van der Waals surface area contributed by atoms with Gasteiger partial charge in [0.05, 0.1) is 6.61 Å². The van der Waals surface area contributed by atoms with Crippen LogP contribution in [0.4, 0.5) is 4.39 Å². The molecule has 20 heavy (non-hydrogen) atoms. The van der Waals surface area contributed by atoms with Gasteiger partial charge in [-0.15, -0.1) is 0 Å². The first-order valence-electron chi connectivity index (χ1n) is 7.37. The third-order valence-electron chi connectivity index (χ3n) is 3.22. The van der Waals surface area contributed by atoms with E-state index >= 15 is 0 Å². The van der Waals surface area contributed by atoms with E-state index in [-0.39, 0.29) is 10.7 Å². The molecule has 0 aromatic heterocycles. The van der Waals surface area contributed by atoms with Crippen LogP contribution < -0.4 is 10.5 Å². The lowest BCUT2D eigenvalue weighted by atomic mass is 10.1. The number of unbranched alkanes of at least 4 members (excludes halogenated alkanes) is 6. The summed E-state index contributed by atoms with van der Waals surface area (Å²) in [6.45, 7) is 2.77. The van der Waals surface area contributed by atoms with Crippen LogP contribution in [0.5, 0.6) is 5.75 Å². The van der Waals surface area contributed by atoms with Gasteiger partial charge >= 0.3 is 0 Å². The average molecular weight is 297 g/mol. The van der Waals surface area contributed by atoms with Crippen LogP contribution in [0.1, 0.15) is 57.4 Å². The van der Waals surface area contributed by atoms with Gasteiger partial charge in [0, 0.05) is 5.56 Å². The average Bonchev–Trinajstić information content (AvgIpc) is 2.43. The van der Waals surface area contributed by atoms with Crippen molar-refractivity contribution in [2.45, 2.75) is 51.9 Å². The Morgan fingerprint density at radius 1 is 1.15 bits per heavy atom. The van der Waals surface area contributed by atoms with Gasteiger partial charge in [-0.2, -0.15) is 0 Å². The Hall–Kier alpha value is -1.16. The molecule has 0 radical (unpaired) electrons. The first-order chi connectivity index (χ1) is 9.65. The van der Waals surface area contributed by atoms with Crippen LogP contribution >= 0.6 is 12.2 Å². The summed E-state index contributed by atoms with van der Waals surface area (Å²) in [5, 5.41) is 0. The van der Waals surface area contributed by atoms with Gasteiger partial charge in [0.25, 0.3) is 0 Å². The lowest BCUT2D eigenvalue weighted by molar-refractivity contribution is 0.290. The van der Waals surface area contributed by atoms with E-state index in [1.54, 1.807) is 12.1 Å². The predicted molar refractivity (Wildman–Crippen MR) is 85.8 cm³/mol. The zero-order chi connectivity index (χ0) is 14.8. The summed E-state index contributed by atoms with van der Waals surface area (Å²) >= 11 is 4.80. The van der Waals surface area contributed by atoms with Gasteiger partial charge < -0.3 is 10.5 Å². The van der Waals surface area contributed by atoms with Gasteiger partial charge in [-0.05, 0) is 24.6 Å². The Balaban J connectivity index is 2.20. The molecule has 1 rings (SSSR count). The maximum absolute atomic E-state index is 13.7. The molecule has 0 atom stereocenters. The number of ether oxygens (including phenoxy) is 1. The van der Waals surface area contributed by atoms with Crippen molar-refractivity contribution in [3.63, 3.8) is 0 Å². The highest BCUT2D eigenvalue weighted by atomic mass is 32.1. The number of hydrogen-bond acceptors (Lipinski definition) is 2. The number of hydrogen-bond donors (Lipinski definition) is 1. The van der Waals surface area contributed by atoms with Gasteiger partial charge in [-0.25, -0.2) is 4.39 Å². The lowest BCUT2D eigenvalue weighted by Crippen LogP contribution is -2.10. The maximum Gasteiger partial charge on any atom is 0.165 e. The molecule has 0 aliphatic heterocycles. The van der Waals surface area contributed by atoms with Gasteiger partial charge in [-0.3, -0.25) is 0 Å². The van der Waals surface area contributed by atoms with Crippen LogP contribution in [0.15, 0.2) is 18.2 Å². The number of rotatable bonds is 10. The van der Waals surface area contributed by atoms with E-state index in [4.69, 9.17) is 22.7 Å². The van der Waals surface area contributed by atoms with Crippen LogP contribution in [0.2, 0.25) is 0 Å². The molecule has 112 valence electrons. The minimum atomic E-state index is -0.404. The summed E-state index contributed by atoms with van der Waals surface area (Å²) in [5.41, 5.74) is 5.97. The van der Waals surface area contributed by atoms with Crippen LogP contribution in [-0.4, -0.2) is 11.6 Å². The molecule has 0 saturated heterocycles. The number of thiocarbonyl (C=S) groups is 1. The van der Waals surface area contributed by atoms with Crippen molar-refractivity contribution in [1.29, 1.82) is 0 Å². The van der Waals surface area contributed by atoms with Crippen molar-refractivity contribution in [3.8, 4) is 5.75 Å². The van der Waals surface area contributed by atoms with Crippen LogP contribution in [0.25, 0.3) is 0 Å². The second-order valence-corrected chi connectivity index (χ2v) is 5.42. The fourth-order valence-corrected chi connectivity index (χ4v) is 2.14. The molecule has 0 aliphatic carbocycles. The standard InChI is InChI=1S/C16H24FNOS/c1-2-3-4-5-6-7-8-11-19-15-10-9-13(16(18)20)12-14(15)17/h9-10,12H,2-8,11H2,1H3,(H2,18,20). The molecule has 0 heterocycles. The zero-order valence-corrected chi connectivity index (χ0v) is 13.0. The van der Waals surface area contributed by atoms with Gasteiger partial charge in [0.2, 0.25) is 0 Å². The highest BCUT2D eigenvalue weighted by molar-refractivity contribution is 7.80. The minimum absolute atomic E-state index is 0.197. The molecular formula is C16H24FNOS. The molecule has 4 heteroatoms. The molecular weight excluding hydrogens is 273 g/mol. The molecule has 0 aliphatic rings. The van der Waals surface area contributed by atoms with Crippen molar-refractivity contribution in [1.82, 2.24) is 0 Å². The third kappa shape index (κ3) is 6.33. The molecule has 2 nitrogen and oxygen atoms in total. The number of nitrogens with two attached hydrogens (primary N) is 1. The Morgan fingerprint density at radius 3 is 2.40 bits per heavy atom. The second kappa shape index (κ2) is 9.70. The normalized spacial score (nSPS) is 10.5. The van der Waals surface area contributed by atoms with Crippen LogP contribution in [-0.2, 0) is 0 Å². The third-order valence-corrected chi connectivity index (χ3v) is 3.46. The Morgan fingerprint density at radius 2 is 1.80 bits per heavy atom. The molecule has 0 bridgehead atoms. The molecule has 2 N–H and O–H groups in total. The number of halogens is 1. The maximum atomic E-state index is 13.7. The second-order valence-electron chi connectivity index (χ2n) is 4.98. The monoisotopic (exact) mass is 297 g/mol. The first kappa shape index (κ1) is 16.9. The van der Waals surface area contributed by atoms with E-state index in [0.717, 1.165) is 12.8 Å². The van der Waals surface area contributed by atoms with Crippen LogP contribution in [0.3, 0.4) is 0 Å². The molecule has 0 unspecified atom stereocenters. The van der Waals surface area contributed by atoms with Gasteiger partial charge in [0.15, 0.2) is 11.6 Å². The van der Waals surface area contributed by atoms with Crippen molar-refractivity contribution in [2.24, 2.45) is 5.73 Å². The Bertz CT molecular complexity index is 423. The summed E-state index contributed by atoms with van der Waals surface area (Å²) in [6.07, 6.45) is 8.50. The fraction of sp³-hybridized carbons (Fsp3) is 0.562. The number of benzene rings is 1. The van der Waals surface area contributed by atoms with Gasteiger partial charge in [0.1, 0.15) is 4.99 Å². The summed E-state index contributed by atoms with van der Waals surface area (Å²) < 4.78 is 19.1. The molecule has 1 aromatic carbocycles. The smallest absolute Gasteiger partial charge is 0.165 e. The predicted octanol–water partition coefficient (Wildman–Crippen LogP) is 4.59.